The van der Waals surface area contributed by atoms with E-state index in [2.05, 4.69) is 10.4 Å². The lowest BCUT2D eigenvalue weighted by molar-refractivity contribution is 0.102. The van der Waals surface area contributed by atoms with Gasteiger partial charge in [0, 0.05) is 23.2 Å². The van der Waals surface area contributed by atoms with Crippen molar-refractivity contribution >= 4 is 23.2 Å². The monoisotopic (exact) mass is 467 g/mol. The number of ether oxygens (including phenoxy) is 1. The van der Waals surface area contributed by atoms with Gasteiger partial charge in [-0.05, 0) is 42.0 Å². The average molecular weight is 468 g/mol. The van der Waals surface area contributed by atoms with Crippen LogP contribution in [0.25, 0.3) is 0 Å². The predicted octanol–water partition coefficient (Wildman–Crippen LogP) is 5.74. The second-order valence-electron chi connectivity index (χ2n) is 7.29. The van der Waals surface area contributed by atoms with Gasteiger partial charge in [-0.25, -0.2) is 8.78 Å². The van der Waals surface area contributed by atoms with Crippen molar-refractivity contribution in [2.24, 2.45) is 0 Å². The fourth-order valence-corrected chi connectivity index (χ4v) is 3.47. The minimum absolute atomic E-state index is 0.0197. The number of carbonyl (C=O) groups excluding carboxylic acids is 1. The maximum absolute atomic E-state index is 13.8. The number of benzene rings is 3. The Balaban J connectivity index is 1.44. The van der Waals surface area contributed by atoms with Crippen LogP contribution in [0.3, 0.4) is 0 Å². The first-order chi connectivity index (χ1) is 16.0. The highest BCUT2D eigenvalue weighted by atomic mass is 35.5. The molecule has 0 aliphatic carbocycles. The zero-order valence-corrected chi connectivity index (χ0v) is 18.2. The summed E-state index contributed by atoms with van der Waals surface area (Å²) < 4.78 is 35.1. The standard InChI is InChI=1S/C25H20ClF2N3O2/c26-19-9-10-23(33-14-12-17-5-2-1-3-6-17)18(15-19)16-31-13-11-22(30-31)25(32)29-24-20(27)7-4-8-21(24)28/h1-11,13,15H,12,14,16H2,(H,29,32). The molecule has 0 aliphatic heterocycles. The van der Waals surface area contributed by atoms with Crippen molar-refractivity contribution in [3.8, 4) is 5.75 Å². The van der Waals surface area contributed by atoms with Crippen LogP contribution >= 0.6 is 11.6 Å². The van der Waals surface area contributed by atoms with Gasteiger partial charge in [-0.3, -0.25) is 9.48 Å². The normalized spacial score (nSPS) is 10.8. The molecule has 33 heavy (non-hydrogen) atoms. The Morgan fingerprint density at radius 2 is 1.76 bits per heavy atom. The third-order valence-electron chi connectivity index (χ3n) is 4.92. The summed E-state index contributed by atoms with van der Waals surface area (Å²) >= 11 is 6.17. The third-order valence-corrected chi connectivity index (χ3v) is 5.16. The highest BCUT2D eigenvalue weighted by molar-refractivity contribution is 6.30. The van der Waals surface area contributed by atoms with E-state index in [9.17, 15) is 13.6 Å². The summed E-state index contributed by atoms with van der Waals surface area (Å²) in [6, 6.07) is 20.1. The van der Waals surface area contributed by atoms with Crippen LogP contribution in [-0.2, 0) is 13.0 Å². The van der Waals surface area contributed by atoms with E-state index in [1.807, 2.05) is 30.3 Å². The van der Waals surface area contributed by atoms with Crippen LogP contribution in [0, 0.1) is 11.6 Å². The van der Waals surface area contributed by atoms with Crippen molar-refractivity contribution in [1.29, 1.82) is 0 Å². The number of amides is 1. The number of nitrogens with zero attached hydrogens (tertiary/aromatic N) is 2. The Labute approximate surface area is 194 Å². The molecule has 1 aromatic heterocycles. The fourth-order valence-electron chi connectivity index (χ4n) is 3.28. The van der Waals surface area contributed by atoms with Crippen LogP contribution < -0.4 is 10.1 Å². The molecule has 0 aliphatic rings. The topological polar surface area (TPSA) is 56.2 Å². The molecule has 0 fully saturated rings. The van der Waals surface area contributed by atoms with Crippen LogP contribution in [0.1, 0.15) is 21.6 Å². The second kappa shape index (κ2) is 10.3. The number of para-hydroxylation sites is 1. The van der Waals surface area contributed by atoms with Gasteiger partial charge in [0.15, 0.2) is 5.69 Å². The molecule has 0 spiro atoms. The summed E-state index contributed by atoms with van der Waals surface area (Å²) in [4.78, 5) is 12.4. The Morgan fingerprint density at radius 1 is 1.00 bits per heavy atom. The third kappa shape index (κ3) is 5.75. The van der Waals surface area contributed by atoms with E-state index in [0.717, 1.165) is 24.1 Å². The number of hydrogen-bond acceptors (Lipinski definition) is 3. The molecular weight excluding hydrogens is 448 g/mol. The van der Waals surface area contributed by atoms with Gasteiger partial charge in [0.25, 0.3) is 5.91 Å². The van der Waals surface area contributed by atoms with Gasteiger partial charge in [-0.2, -0.15) is 5.10 Å². The van der Waals surface area contributed by atoms with Crippen molar-refractivity contribution in [3.63, 3.8) is 0 Å². The SMILES string of the molecule is O=C(Nc1c(F)cccc1F)c1ccn(Cc2cc(Cl)ccc2OCCc2ccccc2)n1. The van der Waals surface area contributed by atoms with Crippen LogP contribution in [-0.4, -0.2) is 22.3 Å². The minimum atomic E-state index is -0.862. The number of aromatic nitrogens is 2. The van der Waals surface area contributed by atoms with Crippen molar-refractivity contribution < 1.29 is 18.3 Å². The smallest absolute Gasteiger partial charge is 0.276 e. The molecule has 0 radical (unpaired) electrons. The Kier molecular flexibility index (Phi) is 7.00. The zero-order chi connectivity index (χ0) is 23.2. The molecule has 4 aromatic rings. The molecule has 1 amide bonds. The molecule has 168 valence electrons. The number of anilines is 1. The molecule has 8 heteroatoms. The van der Waals surface area contributed by atoms with Gasteiger partial charge in [0.05, 0.1) is 13.2 Å². The van der Waals surface area contributed by atoms with Crippen LogP contribution in [0.2, 0.25) is 5.02 Å². The van der Waals surface area contributed by atoms with Gasteiger partial charge < -0.3 is 10.1 Å². The zero-order valence-electron chi connectivity index (χ0n) is 17.5. The van der Waals surface area contributed by atoms with Crippen molar-refractivity contribution in [1.82, 2.24) is 9.78 Å². The highest BCUT2D eigenvalue weighted by Gasteiger charge is 2.16. The molecule has 0 unspecified atom stereocenters. The van der Waals surface area contributed by atoms with Crippen LogP contribution in [0.15, 0.2) is 79.0 Å². The molecule has 3 aromatic carbocycles. The quantitative estimate of drug-likeness (QED) is 0.359. The van der Waals surface area contributed by atoms with Crippen molar-refractivity contribution in [3.05, 3.63) is 112 Å². The van der Waals surface area contributed by atoms with E-state index in [4.69, 9.17) is 16.3 Å². The van der Waals surface area contributed by atoms with E-state index in [0.29, 0.717) is 23.9 Å². The van der Waals surface area contributed by atoms with Crippen LogP contribution in [0.4, 0.5) is 14.5 Å². The first-order valence-corrected chi connectivity index (χ1v) is 10.6. The van der Waals surface area contributed by atoms with Gasteiger partial charge in [0.2, 0.25) is 0 Å². The van der Waals surface area contributed by atoms with E-state index in [1.54, 1.807) is 24.4 Å². The molecule has 0 bridgehead atoms. The van der Waals surface area contributed by atoms with Crippen molar-refractivity contribution in [2.45, 2.75) is 13.0 Å². The first-order valence-electron chi connectivity index (χ1n) is 10.2. The maximum atomic E-state index is 13.8. The number of nitrogens with one attached hydrogen (secondary N) is 1. The Morgan fingerprint density at radius 3 is 2.52 bits per heavy atom. The molecule has 5 nitrogen and oxygen atoms in total. The molecule has 1 N–H and O–H groups in total. The Bertz CT molecular complexity index is 1240. The second-order valence-corrected chi connectivity index (χ2v) is 7.72. The summed E-state index contributed by atoms with van der Waals surface area (Å²) in [5, 5.41) is 6.99. The van der Waals surface area contributed by atoms with E-state index < -0.39 is 23.2 Å². The summed E-state index contributed by atoms with van der Waals surface area (Å²) in [6.07, 6.45) is 2.35. The molecule has 0 saturated carbocycles. The summed E-state index contributed by atoms with van der Waals surface area (Å²) in [5.74, 6) is -1.79. The Hall–Kier alpha value is -3.71. The summed E-state index contributed by atoms with van der Waals surface area (Å²) in [7, 11) is 0. The van der Waals surface area contributed by atoms with E-state index in [-0.39, 0.29) is 5.69 Å². The first kappa shape index (κ1) is 22.5. The molecule has 1 heterocycles. The number of carbonyl (C=O) groups is 1. The van der Waals surface area contributed by atoms with E-state index >= 15 is 0 Å². The van der Waals surface area contributed by atoms with Gasteiger partial charge in [-0.1, -0.05) is 48.0 Å². The highest BCUT2D eigenvalue weighted by Crippen LogP contribution is 2.24. The lowest BCUT2D eigenvalue weighted by Gasteiger charge is -2.12. The van der Waals surface area contributed by atoms with E-state index in [1.165, 1.54) is 22.4 Å². The average Bonchev–Trinajstić information content (AvgIpc) is 3.27. The van der Waals surface area contributed by atoms with Crippen LogP contribution in [0.5, 0.6) is 5.75 Å². The number of rotatable bonds is 8. The molecule has 4 rings (SSSR count). The summed E-state index contributed by atoms with van der Waals surface area (Å²) in [5.41, 5.74) is 1.46. The van der Waals surface area contributed by atoms with Crippen molar-refractivity contribution in [2.75, 3.05) is 11.9 Å². The summed E-state index contributed by atoms with van der Waals surface area (Å²) in [6.45, 7) is 0.780. The largest absolute Gasteiger partial charge is 0.493 e. The number of halogens is 3. The maximum Gasteiger partial charge on any atom is 0.276 e. The van der Waals surface area contributed by atoms with Gasteiger partial charge in [-0.15, -0.1) is 0 Å². The number of hydrogen-bond donors (Lipinski definition) is 1. The molecular formula is C25H20ClF2N3O2. The van der Waals surface area contributed by atoms with Gasteiger partial charge in [0.1, 0.15) is 23.1 Å². The molecule has 0 saturated heterocycles. The predicted molar refractivity (Wildman–Crippen MR) is 123 cm³/mol. The lowest BCUT2D eigenvalue weighted by atomic mass is 10.1. The lowest BCUT2D eigenvalue weighted by Crippen LogP contribution is -2.15. The minimum Gasteiger partial charge on any atom is -0.493 e. The van der Waals surface area contributed by atoms with Gasteiger partial charge >= 0.3 is 0 Å². The fraction of sp³-hybridized carbons (Fsp3) is 0.120. The molecule has 0 atom stereocenters.